The Morgan fingerprint density at radius 1 is 1.17 bits per heavy atom. The molecule has 214 valence electrons. The van der Waals surface area contributed by atoms with E-state index in [4.69, 9.17) is 17.2 Å². The maximum Gasteiger partial charge on any atom is 0.262 e. The van der Waals surface area contributed by atoms with Gasteiger partial charge in [0.1, 0.15) is 5.54 Å². The molecule has 1 fully saturated rings. The van der Waals surface area contributed by atoms with Gasteiger partial charge in [-0.25, -0.2) is 0 Å². The number of nitrogens with two attached hydrogens (primary N) is 3. The van der Waals surface area contributed by atoms with Gasteiger partial charge >= 0.3 is 0 Å². The zero-order valence-electron chi connectivity index (χ0n) is 23.2. The molecule has 0 radical (unpaired) electrons. The number of nitrogen functional groups attached to an aromatic ring is 1. The Morgan fingerprint density at radius 2 is 1.93 bits per heavy atom. The number of aromatic nitrogens is 1. The molecule has 0 bridgehead atoms. The zero-order valence-corrected chi connectivity index (χ0v) is 24.0. The van der Waals surface area contributed by atoms with E-state index in [0.29, 0.717) is 50.4 Å². The number of amides is 2. The highest BCUT2D eigenvalue weighted by Gasteiger charge is 2.49. The van der Waals surface area contributed by atoms with Crippen LogP contribution in [0.5, 0.6) is 0 Å². The van der Waals surface area contributed by atoms with Gasteiger partial charge in [0.25, 0.3) is 5.91 Å². The van der Waals surface area contributed by atoms with Crippen molar-refractivity contribution in [2.24, 2.45) is 11.5 Å². The molecule has 3 heterocycles. The van der Waals surface area contributed by atoms with Gasteiger partial charge in [0.15, 0.2) is 5.78 Å². The van der Waals surface area contributed by atoms with Gasteiger partial charge in [0.05, 0.1) is 21.3 Å². The summed E-state index contributed by atoms with van der Waals surface area (Å²) in [6.45, 7) is 6.46. The first kappa shape index (κ1) is 27.8. The first-order valence-electron chi connectivity index (χ1n) is 13.8. The molecule has 2 aliphatic rings. The van der Waals surface area contributed by atoms with E-state index in [2.05, 4.69) is 16.9 Å². The summed E-state index contributed by atoms with van der Waals surface area (Å²) >= 11 is 1.21. The van der Waals surface area contributed by atoms with E-state index in [-0.39, 0.29) is 17.9 Å². The smallest absolute Gasteiger partial charge is 0.262 e. The van der Waals surface area contributed by atoms with Crippen LogP contribution in [-0.4, -0.2) is 46.6 Å². The van der Waals surface area contributed by atoms with Crippen LogP contribution in [0, 0.1) is 6.92 Å². The standard InChI is InChI=1S/C32H32N6O3S/c1-3-23(39)38-15-7-10-19(16-38)37-31(41)29-25-24-21(11-12-22(33)28(24)42-29)32(35,30(40)26(25)34)20-13-14-36-27(17(20)2)18-8-5-4-6-9-18/h3-6,8-9,11-14,19,26H,1,7,10,15-16,33-35H2,2H3,(H,37,41). The largest absolute Gasteiger partial charge is 0.398 e. The number of carbonyl (C=O) groups is 3. The van der Waals surface area contributed by atoms with Crippen molar-refractivity contribution in [3.05, 3.63) is 94.5 Å². The lowest BCUT2D eigenvalue weighted by Crippen LogP contribution is -2.53. The molecule has 0 spiro atoms. The van der Waals surface area contributed by atoms with Crippen LogP contribution in [0.15, 0.2) is 67.4 Å². The number of rotatable bonds is 5. The molecule has 1 aliphatic carbocycles. The Morgan fingerprint density at radius 3 is 2.67 bits per heavy atom. The van der Waals surface area contributed by atoms with Crippen molar-refractivity contribution < 1.29 is 14.4 Å². The Balaban J connectivity index is 1.46. The van der Waals surface area contributed by atoms with E-state index in [9.17, 15) is 14.4 Å². The number of hydrogen-bond acceptors (Lipinski definition) is 8. The van der Waals surface area contributed by atoms with Crippen molar-refractivity contribution >= 4 is 44.7 Å². The minimum atomic E-state index is -1.58. The van der Waals surface area contributed by atoms with E-state index < -0.39 is 17.4 Å². The minimum Gasteiger partial charge on any atom is -0.398 e. The van der Waals surface area contributed by atoms with Crippen molar-refractivity contribution in [3.63, 3.8) is 0 Å². The van der Waals surface area contributed by atoms with Crippen molar-refractivity contribution in [1.29, 1.82) is 0 Å². The van der Waals surface area contributed by atoms with Gasteiger partial charge in [-0.1, -0.05) is 43.0 Å². The fraction of sp³-hybridized carbons (Fsp3) is 0.250. The van der Waals surface area contributed by atoms with E-state index in [0.717, 1.165) is 29.7 Å². The van der Waals surface area contributed by atoms with Crippen LogP contribution < -0.4 is 22.5 Å². The number of likely N-dealkylation sites (tertiary alicyclic amines) is 1. The van der Waals surface area contributed by atoms with Gasteiger partial charge in [0.2, 0.25) is 5.91 Å². The van der Waals surface area contributed by atoms with Crippen molar-refractivity contribution in [2.45, 2.75) is 37.4 Å². The molecule has 1 saturated heterocycles. The number of ketones is 1. The van der Waals surface area contributed by atoms with Crippen LogP contribution in [0.3, 0.4) is 0 Å². The number of hydrogen-bond donors (Lipinski definition) is 4. The number of carbonyl (C=O) groups excluding carboxylic acids is 3. The molecule has 9 nitrogen and oxygen atoms in total. The second-order valence-corrected chi connectivity index (χ2v) is 11.9. The van der Waals surface area contributed by atoms with Crippen LogP contribution in [0.25, 0.3) is 21.3 Å². The van der Waals surface area contributed by atoms with E-state index in [1.807, 2.05) is 37.3 Å². The molecule has 4 aromatic rings. The molecule has 0 saturated carbocycles. The molecule has 2 aromatic carbocycles. The number of Topliss-reactive ketones (excluding diaryl/α,β-unsaturated/α-hetero) is 1. The SMILES string of the molecule is C=CC(=O)N1CCCC(NC(=O)c2sc3c(N)ccc4c3c2C(N)C(=O)C4(N)c2ccnc(-c3ccccc3)c2C)C1. The van der Waals surface area contributed by atoms with Gasteiger partial charge in [-0.2, -0.15) is 0 Å². The molecule has 3 atom stereocenters. The predicted octanol–water partition coefficient (Wildman–Crippen LogP) is 3.55. The summed E-state index contributed by atoms with van der Waals surface area (Å²) in [4.78, 5) is 46.7. The third-order valence-electron chi connectivity index (χ3n) is 8.44. The molecule has 3 unspecified atom stereocenters. The molecule has 2 amide bonds. The van der Waals surface area contributed by atoms with Gasteiger partial charge in [-0.05, 0) is 54.7 Å². The van der Waals surface area contributed by atoms with Crippen molar-refractivity contribution in [2.75, 3.05) is 18.8 Å². The van der Waals surface area contributed by atoms with Gasteiger partial charge in [-0.3, -0.25) is 19.4 Å². The molecule has 2 aromatic heterocycles. The van der Waals surface area contributed by atoms with Gasteiger partial charge in [0, 0.05) is 47.5 Å². The Bertz CT molecular complexity index is 1770. The van der Waals surface area contributed by atoms with Gasteiger partial charge < -0.3 is 27.4 Å². The number of thiophene rings is 1. The second-order valence-electron chi connectivity index (χ2n) is 10.9. The third kappa shape index (κ3) is 4.22. The average molecular weight is 581 g/mol. The molecular weight excluding hydrogens is 548 g/mol. The van der Waals surface area contributed by atoms with Crippen LogP contribution >= 0.6 is 11.3 Å². The highest BCUT2D eigenvalue weighted by Crippen LogP contribution is 2.50. The molecule has 10 heteroatoms. The minimum absolute atomic E-state index is 0.169. The number of nitrogens with one attached hydrogen (secondary N) is 1. The summed E-state index contributed by atoms with van der Waals surface area (Å²) in [5, 5.41) is 3.70. The zero-order chi connectivity index (χ0) is 29.8. The predicted molar refractivity (Wildman–Crippen MR) is 165 cm³/mol. The lowest BCUT2D eigenvalue weighted by Gasteiger charge is -2.37. The summed E-state index contributed by atoms with van der Waals surface area (Å²) in [5.41, 5.74) is 23.1. The molecular formula is C32H32N6O3S. The highest BCUT2D eigenvalue weighted by molar-refractivity contribution is 7.21. The number of piperidine rings is 1. The summed E-state index contributed by atoms with van der Waals surface area (Å²) in [6.07, 6.45) is 4.41. The maximum atomic E-state index is 14.3. The monoisotopic (exact) mass is 580 g/mol. The number of benzene rings is 2. The molecule has 42 heavy (non-hydrogen) atoms. The average Bonchev–Trinajstić information content (AvgIpc) is 3.42. The van der Waals surface area contributed by atoms with Crippen molar-refractivity contribution in [3.8, 4) is 11.3 Å². The first-order valence-corrected chi connectivity index (χ1v) is 14.7. The van der Waals surface area contributed by atoms with Crippen LogP contribution in [-0.2, 0) is 15.1 Å². The molecule has 7 N–H and O–H groups in total. The topological polar surface area (TPSA) is 157 Å². The highest BCUT2D eigenvalue weighted by atomic mass is 32.1. The molecule has 1 aliphatic heterocycles. The Hall–Kier alpha value is -4.38. The van der Waals surface area contributed by atoms with E-state index >= 15 is 0 Å². The quantitative estimate of drug-likeness (QED) is 0.208. The lowest BCUT2D eigenvalue weighted by atomic mass is 9.69. The number of nitrogens with zero attached hydrogens (tertiary/aromatic N) is 2. The maximum absolute atomic E-state index is 14.3. The number of anilines is 1. The summed E-state index contributed by atoms with van der Waals surface area (Å²) in [6, 6.07) is 13.6. The van der Waals surface area contributed by atoms with Crippen molar-refractivity contribution in [1.82, 2.24) is 15.2 Å². The summed E-state index contributed by atoms with van der Waals surface area (Å²) in [5.74, 6) is -0.937. The Labute approximate surface area is 247 Å². The van der Waals surface area contributed by atoms with Gasteiger partial charge in [-0.15, -0.1) is 11.3 Å². The normalized spacial score (nSPS) is 21.8. The van der Waals surface area contributed by atoms with E-state index in [1.54, 1.807) is 29.3 Å². The fourth-order valence-corrected chi connectivity index (χ4v) is 7.56. The van der Waals surface area contributed by atoms with Crippen LogP contribution in [0.2, 0.25) is 0 Å². The Kier molecular flexibility index (Phi) is 6.92. The van der Waals surface area contributed by atoms with Crippen LogP contribution in [0.4, 0.5) is 5.69 Å². The summed E-state index contributed by atoms with van der Waals surface area (Å²) < 4.78 is 0.660. The lowest BCUT2D eigenvalue weighted by molar-refractivity contribution is -0.127. The first-order chi connectivity index (χ1) is 20.2. The summed E-state index contributed by atoms with van der Waals surface area (Å²) in [7, 11) is 0. The second kappa shape index (κ2) is 10.5. The molecule has 6 rings (SSSR count). The number of pyridine rings is 1. The van der Waals surface area contributed by atoms with Crippen LogP contribution in [0.1, 0.15) is 50.8 Å². The third-order valence-corrected chi connectivity index (χ3v) is 9.69. The fourth-order valence-electron chi connectivity index (χ4n) is 6.35. The van der Waals surface area contributed by atoms with E-state index in [1.165, 1.54) is 17.4 Å².